The largest absolute Gasteiger partial charge is 0.478 e. The summed E-state index contributed by atoms with van der Waals surface area (Å²) >= 11 is 0. The van der Waals surface area contributed by atoms with Crippen molar-refractivity contribution in [3.05, 3.63) is 29.3 Å². The summed E-state index contributed by atoms with van der Waals surface area (Å²) < 4.78 is 31.4. The fourth-order valence-corrected chi connectivity index (χ4v) is 1.08. The molecule has 0 atom stereocenters. The molecule has 18 heavy (non-hydrogen) atoms. The lowest BCUT2D eigenvalue weighted by atomic mass is 10.2. The topological polar surface area (TPSA) is 66.8 Å². The highest BCUT2D eigenvalue weighted by molar-refractivity contribution is 5.87. The number of hydrogen-bond donors (Lipinski definition) is 1. The van der Waals surface area contributed by atoms with Gasteiger partial charge in [-0.05, 0) is 12.1 Å². The maximum atomic E-state index is 13.4. The molecule has 0 radical (unpaired) electrons. The second-order valence-electron chi connectivity index (χ2n) is 3.65. The van der Waals surface area contributed by atoms with Crippen molar-refractivity contribution in [1.29, 1.82) is 0 Å². The minimum atomic E-state index is -1.45. The van der Waals surface area contributed by atoms with Gasteiger partial charge in [0.2, 0.25) is 0 Å². The summed E-state index contributed by atoms with van der Waals surface area (Å²) in [5.74, 6) is -5.03. The lowest BCUT2D eigenvalue weighted by molar-refractivity contribution is -0.130. The van der Waals surface area contributed by atoms with Crippen LogP contribution in [-0.4, -0.2) is 42.6 Å². The van der Waals surface area contributed by atoms with Crippen LogP contribution >= 0.6 is 0 Å². The van der Waals surface area contributed by atoms with Crippen LogP contribution in [0.4, 0.5) is 8.78 Å². The molecule has 0 saturated heterocycles. The van der Waals surface area contributed by atoms with Gasteiger partial charge in [0.1, 0.15) is 0 Å². The van der Waals surface area contributed by atoms with Crippen molar-refractivity contribution in [2.24, 2.45) is 0 Å². The molecular weight excluding hydrogens is 248 g/mol. The summed E-state index contributed by atoms with van der Waals surface area (Å²) in [6.45, 7) is -0.534. The normalized spacial score (nSPS) is 10.0. The molecule has 5 nitrogen and oxygen atoms in total. The van der Waals surface area contributed by atoms with E-state index in [2.05, 4.69) is 0 Å². The van der Waals surface area contributed by atoms with Crippen molar-refractivity contribution in [3.8, 4) is 5.75 Å². The molecule has 0 fully saturated rings. The van der Waals surface area contributed by atoms with Crippen LogP contribution in [0, 0.1) is 11.6 Å². The minimum Gasteiger partial charge on any atom is -0.478 e. The molecule has 0 aromatic heterocycles. The Morgan fingerprint density at radius 3 is 2.17 bits per heavy atom. The number of aromatic carboxylic acids is 1. The number of amides is 1. The van der Waals surface area contributed by atoms with Crippen LogP contribution in [0.2, 0.25) is 0 Å². The summed E-state index contributed by atoms with van der Waals surface area (Å²) in [5.41, 5.74) is -0.531. The summed E-state index contributed by atoms with van der Waals surface area (Å²) in [4.78, 5) is 22.9. The summed E-state index contributed by atoms with van der Waals surface area (Å²) in [5, 5.41) is 8.58. The molecule has 0 bridgehead atoms. The van der Waals surface area contributed by atoms with Crippen LogP contribution < -0.4 is 4.74 Å². The second kappa shape index (κ2) is 5.44. The molecule has 0 heterocycles. The Labute approximate surface area is 102 Å². The van der Waals surface area contributed by atoms with Crippen LogP contribution in [0.5, 0.6) is 5.75 Å². The van der Waals surface area contributed by atoms with Crippen molar-refractivity contribution in [1.82, 2.24) is 4.90 Å². The summed E-state index contributed by atoms with van der Waals surface area (Å²) in [7, 11) is 2.93. The maximum absolute atomic E-state index is 13.4. The minimum absolute atomic E-state index is 0.476. The number of halogens is 2. The van der Waals surface area contributed by atoms with E-state index < -0.39 is 41.4 Å². The van der Waals surface area contributed by atoms with Gasteiger partial charge < -0.3 is 14.7 Å². The first kappa shape index (κ1) is 13.9. The lowest BCUT2D eigenvalue weighted by Gasteiger charge is -2.12. The Kier molecular flexibility index (Phi) is 4.19. The van der Waals surface area contributed by atoms with E-state index in [1.165, 1.54) is 19.0 Å². The molecule has 7 heteroatoms. The van der Waals surface area contributed by atoms with E-state index in [9.17, 15) is 18.4 Å². The van der Waals surface area contributed by atoms with Crippen molar-refractivity contribution in [2.45, 2.75) is 0 Å². The van der Waals surface area contributed by atoms with E-state index in [0.29, 0.717) is 12.1 Å². The zero-order valence-corrected chi connectivity index (χ0v) is 9.74. The van der Waals surface area contributed by atoms with E-state index in [1.54, 1.807) is 0 Å². The quantitative estimate of drug-likeness (QED) is 0.880. The van der Waals surface area contributed by atoms with Crippen LogP contribution in [-0.2, 0) is 4.79 Å². The van der Waals surface area contributed by atoms with Gasteiger partial charge in [-0.15, -0.1) is 0 Å². The number of hydrogen-bond acceptors (Lipinski definition) is 3. The predicted octanol–water partition coefficient (Wildman–Crippen LogP) is 1.13. The van der Waals surface area contributed by atoms with Gasteiger partial charge in [-0.25, -0.2) is 13.6 Å². The zero-order chi connectivity index (χ0) is 13.9. The molecular formula is C11H11F2NO4. The Morgan fingerprint density at radius 1 is 1.28 bits per heavy atom. The highest BCUT2D eigenvalue weighted by Crippen LogP contribution is 2.23. The third-order valence-corrected chi connectivity index (χ3v) is 2.08. The standard InChI is InChI=1S/C11H11F2NO4/c1-14(2)9(15)5-18-10-7(12)3-6(11(16)17)4-8(10)13/h3-4H,5H2,1-2H3,(H,16,17). The van der Waals surface area contributed by atoms with E-state index in [4.69, 9.17) is 9.84 Å². The van der Waals surface area contributed by atoms with E-state index in [1.807, 2.05) is 0 Å². The molecule has 0 aliphatic rings. The molecule has 1 N–H and O–H groups in total. The molecule has 0 spiro atoms. The Morgan fingerprint density at radius 2 is 1.78 bits per heavy atom. The van der Waals surface area contributed by atoms with Gasteiger partial charge in [0.05, 0.1) is 5.56 Å². The molecule has 0 aliphatic heterocycles. The molecule has 0 saturated carbocycles. The van der Waals surface area contributed by atoms with Crippen LogP contribution in [0.3, 0.4) is 0 Å². The van der Waals surface area contributed by atoms with E-state index >= 15 is 0 Å². The van der Waals surface area contributed by atoms with Gasteiger partial charge in [0.25, 0.3) is 5.91 Å². The molecule has 0 aliphatic carbocycles. The average molecular weight is 259 g/mol. The number of likely N-dealkylation sites (N-methyl/N-ethyl adjacent to an activating group) is 1. The number of ether oxygens (including phenoxy) is 1. The predicted molar refractivity (Wildman–Crippen MR) is 57.5 cm³/mol. The van der Waals surface area contributed by atoms with Crippen molar-refractivity contribution in [2.75, 3.05) is 20.7 Å². The first-order valence-corrected chi connectivity index (χ1v) is 4.88. The summed E-state index contributed by atoms with van der Waals surface area (Å²) in [6.07, 6.45) is 0. The fourth-order valence-electron chi connectivity index (χ4n) is 1.08. The Bertz CT molecular complexity index is 465. The number of carboxylic acid groups (broad SMARTS) is 1. The number of carbonyl (C=O) groups is 2. The maximum Gasteiger partial charge on any atom is 0.335 e. The smallest absolute Gasteiger partial charge is 0.335 e. The van der Waals surface area contributed by atoms with Crippen molar-refractivity contribution in [3.63, 3.8) is 0 Å². The SMILES string of the molecule is CN(C)C(=O)COc1c(F)cc(C(=O)O)cc1F. The van der Waals surface area contributed by atoms with Gasteiger partial charge >= 0.3 is 5.97 Å². The highest BCUT2D eigenvalue weighted by Gasteiger charge is 2.17. The molecule has 98 valence electrons. The number of nitrogens with zero attached hydrogens (tertiary/aromatic N) is 1. The third-order valence-electron chi connectivity index (χ3n) is 2.08. The van der Waals surface area contributed by atoms with Gasteiger partial charge in [-0.1, -0.05) is 0 Å². The van der Waals surface area contributed by atoms with Crippen LogP contribution in [0.25, 0.3) is 0 Å². The Balaban J connectivity index is 2.91. The average Bonchev–Trinajstić information content (AvgIpc) is 2.26. The number of carbonyl (C=O) groups excluding carboxylic acids is 1. The molecule has 1 aromatic rings. The molecule has 1 rings (SSSR count). The van der Waals surface area contributed by atoms with E-state index in [0.717, 1.165) is 0 Å². The van der Waals surface area contributed by atoms with Gasteiger partial charge in [-0.2, -0.15) is 0 Å². The Hall–Kier alpha value is -2.18. The van der Waals surface area contributed by atoms with Crippen LogP contribution in [0.15, 0.2) is 12.1 Å². The molecule has 1 aromatic carbocycles. The first-order chi connectivity index (χ1) is 8.32. The van der Waals surface area contributed by atoms with Crippen molar-refractivity contribution < 1.29 is 28.2 Å². The van der Waals surface area contributed by atoms with Crippen molar-refractivity contribution >= 4 is 11.9 Å². The van der Waals surface area contributed by atoms with Gasteiger partial charge in [-0.3, -0.25) is 4.79 Å². The van der Waals surface area contributed by atoms with Gasteiger partial charge in [0, 0.05) is 14.1 Å². The summed E-state index contributed by atoms with van der Waals surface area (Å²) in [6, 6.07) is 1.25. The molecule has 0 unspecified atom stereocenters. The monoisotopic (exact) mass is 259 g/mol. The zero-order valence-electron chi connectivity index (χ0n) is 9.74. The number of rotatable bonds is 4. The highest BCUT2D eigenvalue weighted by atomic mass is 19.1. The van der Waals surface area contributed by atoms with Gasteiger partial charge in [0.15, 0.2) is 24.0 Å². The first-order valence-electron chi connectivity index (χ1n) is 4.88. The second-order valence-corrected chi connectivity index (χ2v) is 3.65. The molecule has 1 amide bonds. The van der Waals surface area contributed by atoms with Crippen LogP contribution in [0.1, 0.15) is 10.4 Å². The lowest BCUT2D eigenvalue weighted by Crippen LogP contribution is -2.27. The third kappa shape index (κ3) is 3.16. The number of carboxylic acids is 1. The number of benzene rings is 1. The van der Waals surface area contributed by atoms with E-state index in [-0.39, 0.29) is 0 Å². The fraction of sp³-hybridized carbons (Fsp3) is 0.273.